The van der Waals surface area contributed by atoms with Crippen molar-refractivity contribution in [1.82, 2.24) is 0 Å². The molecule has 0 aromatic heterocycles. The Labute approximate surface area is 174 Å². The van der Waals surface area contributed by atoms with Crippen molar-refractivity contribution < 1.29 is 18.9 Å². The molecule has 2 unspecified atom stereocenters. The summed E-state index contributed by atoms with van der Waals surface area (Å²) in [5.74, 6) is 1.54. The van der Waals surface area contributed by atoms with Crippen LogP contribution in [0.3, 0.4) is 0 Å². The maximum Gasteiger partial charge on any atom is 0.169 e. The van der Waals surface area contributed by atoms with E-state index in [1.807, 2.05) is 0 Å². The zero-order valence-electron chi connectivity index (χ0n) is 16.5. The van der Waals surface area contributed by atoms with Crippen LogP contribution in [-0.2, 0) is 9.47 Å². The van der Waals surface area contributed by atoms with Gasteiger partial charge < -0.3 is 18.9 Å². The Balaban J connectivity index is 1.59. The lowest BCUT2D eigenvalue weighted by Crippen LogP contribution is -2.10. The lowest BCUT2D eigenvalue weighted by molar-refractivity contribution is 0.229. The lowest BCUT2D eigenvalue weighted by atomic mass is 9.92. The highest BCUT2D eigenvalue weighted by atomic mass is 16.6. The molecule has 2 fully saturated rings. The molecule has 2 atom stereocenters. The van der Waals surface area contributed by atoms with Crippen molar-refractivity contribution in [2.75, 3.05) is 26.4 Å². The van der Waals surface area contributed by atoms with Crippen molar-refractivity contribution >= 4 is 21.5 Å². The molecule has 0 amide bonds. The van der Waals surface area contributed by atoms with Crippen LogP contribution in [0.4, 0.5) is 0 Å². The molecule has 0 aliphatic carbocycles. The fourth-order valence-electron chi connectivity index (χ4n) is 3.95. The summed E-state index contributed by atoms with van der Waals surface area (Å²) in [6.07, 6.45) is 0.341. The molecule has 0 spiro atoms. The van der Waals surface area contributed by atoms with E-state index in [0.29, 0.717) is 13.2 Å². The maximum absolute atomic E-state index is 6.37. The highest BCUT2D eigenvalue weighted by molar-refractivity contribution is 6.08. The van der Waals surface area contributed by atoms with Gasteiger partial charge in [-0.2, -0.15) is 0 Å². The van der Waals surface area contributed by atoms with E-state index in [1.54, 1.807) is 0 Å². The molecule has 0 saturated carbocycles. The van der Waals surface area contributed by atoms with Gasteiger partial charge in [0.2, 0.25) is 0 Å². The molecule has 2 aliphatic rings. The van der Waals surface area contributed by atoms with E-state index < -0.39 is 0 Å². The summed E-state index contributed by atoms with van der Waals surface area (Å²) < 4.78 is 23.3. The topological polar surface area (TPSA) is 43.5 Å². The molecule has 2 saturated heterocycles. The number of epoxide rings is 2. The molecular formula is C26H22O4. The Morgan fingerprint density at radius 2 is 1.33 bits per heavy atom. The zero-order valence-corrected chi connectivity index (χ0v) is 16.5. The van der Waals surface area contributed by atoms with Crippen molar-refractivity contribution in [1.29, 1.82) is 0 Å². The van der Waals surface area contributed by atoms with Gasteiger partial charge in [-0.1, -0.05) is 66.7 Å². The summed E-state index contributed by atoms with van der Waals surface area (Å²) in [6.45, 7) is 2.56. The summed E-state index contributed by atoms with van der Waals surface area (Å²) in [5.41, 5.74) is 2.21. The van der Waals surface area contributed by atoms with Gasteiger partial charge in [0, 0.05) is 5.56 Å². The highest BCUT2D eigenvalue weighted by Crippen LogP contribution is 2.46. The molecule has 0 radical (unpaired) electrons. The number of ether oxygens (including phenoxy) is 4. The van der Waals surface area contributed by atoms with Gasteiger partial charge >= 0.3 is 0 Å². The predicted molar refractivity (Wildman–Crippen MR) is 117 cm³/mol. The second-order valence-corrected chi connectivity index (χ2v) is 7.86. The third-order valence-corrected chi connectivity index (χ3v) is 5.67. The summed E-state index contributed by atoms with van der Waals surface area (Å²) in [4.78, 5) is 0. The van der Waals surface area contributed by atoms with E-state index in [2.05, 4.69) is 72.8 Å². The quantitative estimate of drug-likeness (QED) is 0.401. The third-order valence-electron chi connectivity index (χ3n) is 5.67. The number of hydrogen-bond donors (Lipinski definition) is 0. The molecule has 4 aromatic carbocycles. The van der Waals surface area contributed by atoms with Gasteiger partial charge in [-0.05, 0) is 33.2 Å². The molecule has 0 N–H and O–H groups in total. The first-order valence-corrected chi connectivity index (χ1v) is 10.4. The number of fused-ring (bicyclic) bond motifs is 2. The molecule has 4 aromatic rings. The van der Waals surface area contributed by atoms with E-state index in [-0.39, 0.29) is 12.2 Å². The monoisotopic (exact) mass is 398 g/mol. The summed E-state index contributed by atoms with van der Waals surface area (Å²) in [5, 5.41) is 4.67. The van der Waals surface area contributed by atoms with Gasteiger partial charge in [0.1, 0.15) is 25.4 Å². The molecule has 2 heterocycles. The van der Waals surface area contributed by atoms with E-state index in [4.69, 9.17) is 18.9 Å². The van der Waals surface area contributed by atoms with Crippen LogP contribution in [0.5, 0.6) is 11.5 Å². The van der Waals surface area contributed by atoms with Gasteiger partial charge in [0.05, 0.1) is 13.2 Å². The minimum absolute atomic E-state index is 0.163. The van der Waals surface area contributed by atoms with E-state index in [0.717, 1.165) is 46.6 Å². The normalized spacial score (nSPS) is 19.7. The second-order valence-electron chi connectivity index (χ2n) is 7.86. The van der Waals surface area contributed by atoms with Crippen LogP contribution >= 0.6 is 0 Å². The first-order chi connectivity index (χ1) is 14.9. The fraction of sp³-hybridized carbons (Fsp3) is 0.231. The standard InChI is InChI=1S/C26H22O4/c1-3-9-21-17(6-1)8-5-11-23(21)25-22-10-4-2-7-18(22)12-24(29-15-19-13-27-19)26(25)30-16-20-14-28-20/h1-12,19-20H,13-16H2. The van der Waals surface area contributed by atoms with Crippen LogP contribution in [0.2, 0.25) is 0 Å². The molecule has 30 heavy (non-hydrogen) atoms. The first kappa shape index (κ1) is 17.8. The van der Waals surface area contributed by atoms with Gasteiger partial charge in [-0.3, -0.25) is 0 Å². The Morgan fingerprint density at radius 3 is 2.10 bits per heavy atom. The summed E-state index contributed by atoms with van der Waals surface area (Å²) >= 11 is 0. The van der Waals surface area contributed by atoms with Crippen LogP contribution in [-0.4, -0.2) is 38.6 Å². The molecule has 4 nitrogen and oxygen atoms in total. The van der Waals surface area contributed by atoms with Gasteiger partial charge in [0.15, 0.2) is 11.5 Å². The fourth-order valence-corrected chi connectivity index (χ4v) is 3.95. The average Bonchev–Trinajstić information content (AvgIpc) is 3.70. The van der Waals surface area contributed by atoms with Crippen molar-refractivity contribution in [3.05, 3.63) is 72.8 Å². The lowest BCUT2D eigenvalue weighted by Gasteiger charge is -2.20. The van der Waals surface area contributed by atoms with Crippen LogP contribution in [0.25, 0.3) is 32.7 Å². The average molecular weight is 398 g/mol. The van der Waals surface area contributed by atoms with Crippen molar-refractivity contribution in [2.24, 2.45) is 0 Å². The number of hydrogen-bond acceptors (Lipinski definition) is 4. The summed E-state index contributed by atoms with van der Waals surface area (Å²) in [7, 11) is 0. The smallest absolute Gasteiger partial charge is 0.169 e. The van der Waals surface area contributed by atoms with Crippen LogP contribution in [0, 0.1) is 0 Å². The SMILES string of the molecule is c1ccc2c(-c3c(OCC4CO4)c(OCC4CO4)cc4ccccc34)cccc2c1. The first-order valence-electron chi connectivity index (χ1n) is 10.4. The van der Waals surface area contributed by atoms with E-state index in [1.165, 1.54) is 10.8 Å². The van der Waals surface area contributed by atoms with Crippen molar-refractivity contribution in [3.63, 3.8) is 0 Å². The largest absolute Gasteiger partial charge is 0.487 e. The van der Waals surface area contributed by atoms with Crippen LogP contribution < -0.4 is 9.47 Å². The zero-order chi connectivity index (χ0) is 19.9. The molecular weight excluding hydrogens is 376 g/mol. The van der Waals surface area contributed by atoms with Crippen molar-refractivity contribution in [2.45, 2.75) is 12.2 Å². The number of rotatable bonds is 7. The van der Waals surface area contributed by atoms with E-state index in [9.17, 15) is 0 Å². The second kappa shape index (κ2) is 7.31. The Hall–Kier alpha value is -3.08. The third kappa shape index (κ3) is 3.38. The minimum Gasteiger partial charge on any atom is -0.487 e. The predicted octanol–water partition coefficient (Wildman–Crippen LogP) is 5.22. The molecule has 0 bridgehead atoms. The Morgan fingerprint density at radius 1 is 0.700 bits per heavy atom. The molecule has 6 rings (SSSR count). The van der Waals surface area contributed by atoms with E-state index >= 15 is 0 Å². The molecule has 150 valence electrons. The number of benzene rings is 4. The van der Waals surface area contributed by atoms with Crippen molar-refractivity contribution in [3.8, 4) is 22.6 Å². The van der Waals surface area contributed by atoms with Gasteiger partial charge in [0.25, 0.3) is 0 Å². The molecule has 4 heteroatoms. The van der Waals surface area contributed by atoms with Crippen LogP contribution in [0.15, 0.2) is 72.8 Å². The maximum atomic E-state index is 6.37. The molecule has 2 aliphatic heterocycles. The highest BCUT2D eigenvalue weighted by Gasteiger charge is 2.28. The Bertz CT molecular complexity index is 1220. The summed E-state index contributed by atoms with van der Waals surface area (Å²) in [6, 6.07) is 25.4. The minimum atomic E-state index is 0.163. The van der Waals surface area contributed by atoms with Gasteiger partial charge in [-0.15, -0.1) is 0 Å². The van der Waals surface area contributed by atoms with Crippen LogP contribution in [0.1, 0.15) is 0 Å². The van der Waals surface area contributed by atoms with Gasteiger partial charge in [-0.25, -0.2) is 0 Å². The Kier molecular flexibility index (Phi) is 4.33.